The minimum atomic E-state index is 0.368. The van der Waals surface area contributed by atoms with Gasteiger partial charge >= 0.3 is 0 Å². The number of nitrogens with two attached hydrogens (primary N) is 1. The Hall–Kier alpha value is -0.300. The number of hydrogen-bond donors (Lipinski definition) is 1. The van der Waals surface area contributed by atoms with Crippen molar-refractivity contribution in [3.63, 3.8) is 0 Å². The van der Waals surface area contributed by atoms with E-state index in [0.717, 1.165) is 6.42 Å². The van der Waals surface area contributed by atoms with Crippen molar-refractivity contribution >= 4 is 0 Å². The molecule has 58 valence electrons. The molecule has 1 nitrogen and oxygen atoms in total. The molecular weight excluding hydrogens is 122 g/mol. The molecule has 0 aliphatic heterocycles. The van der Waals surface area contributed by atoms with Crippen molar-refractivity contribution in [2.45, 2.75) is 45.1 Å². The van der Waals surface area contributed by atoms with Gasteiger partial charge in [-0.2, -0.15) is 0 Å². The summed E-state index contributed by atoms with van der Waals surface area (Å²) < 4.78 is 0. The van der Waals surface area contributed by atoms with Gasteiger partial charge in [-0.05, 0) is 25.7 Å². The molecule has 1 aliphatic rings. The van der Waals surface area contributed by atoms with E-state index in [4.69, 9.17) is 5.73 Å². The Kier molecular flexibility index (Phi) is 2.94. The van der Waals surface area contributed by atoms with Gasteiger partial charge in [0, 0.05) is 6.04 Å². The molecule has 2 N–H and O–H groups in total. The number of hydrogen-bond acceptors (Lipinski definition) is 1. The first kappa shape index (κ1) is 7.80. The van der Waals surface area contributed by atoms with Crippen LogP contribution < -0.4 is 5.73 Å². The lowest BCUT2D eigenvalue weighted by Gasteiger charge is -2.10. The number of allylic oxidation sites excluding steroid dienone is 1. The predicted molar refractivity (Wildman–Crippen MR) is 44.8 cm³/mol. The third-order valence-corrected chi connectivity index (χ3v) is 2.15. The van der Waals surface area contributed by atoms with Crippen molar-refractivity contribution in [2.75, 3.05) is 0 Å². The molecule has 0 saturated carbocycles. The molecule has 0 aromatic heterocycles. The van der Waals surface area contributed by atoms with Gasteiger partial charge in [0.15, 0.2) is 0 Å². The molecule has 1 rings (SSSR count). The molecule has 0 aromatic rings. The number of rotatable bonds is 3. The Morgan fingerprint density at radius 2 is 2.50 bits per heavy atom. The van der Waals surface area contributed by atoms with E-state index < -0.39 is 0 Å². The highest BCUT2D eigenvalue weighted by Crippen LogP contribution is 2.21. The van der Waals surface area contributed by atoms with E-state index in [1.54, 1.807) is 0 Å². The maximum Gasteiger partial charge on any atom is 0.0253 e. The van der Waals surface area contributed by atoms with Crippen molar-refractivity contribution in [2.24, 2.45) is 5.73 Å². The quantitative estimate of drug-likeness (QED) is 0.596. The minimum Gasteiger partial charge on any atom is -0.324 e. The second kappa shape index (κ2) is 3.77. The van der Waals surface area contributed by atoms with Gasteiger partial charge in [0.1, 0.15) is 0 Å². The van der Waals surface area contributed by atoms with Crippen LogP contribution in [0.1, 0.15) is 39.0 Å². The first-order valence-corrected chi connectivity index (χ1v) is 4.29. The van der Waals surface area contributed by atoms with Gasteiger partial charge in [0.2, 0.25) is 0 Å². The molecule has 0 fully saturated rings. The molecule has 1 aliphatic carbocycles. The van der Waals surface area contributed by atoms with E-state index in [9.17, 15) is 0 Å². The lowest BCUT2D eigenvalue weighted by molar-refractivity contribution is 0.656. The van der Waals surface area contributed by atoms with E-state index in [1.807, 2.05) is 0 Å². The first-order valence-electron chi connectivity index (χ1n) is 4.29. The highest BCUT2D eigenvalue weighted by Gasteiger charge is 2.10. The summed E-state index contributed by atoms with van der Waals surface area (Å²) in [5, 5.41) is 0. The van der Waals surface area contributed by atoms with E-state index in [1.165, 1.54) is 31.3 Å². The molecule has 0 spiro atoms. The summed E-state index contributed by atoms with van der Waals surface area (Å²) in [6.45, 7) is 2.19. The van der Waals surface area contributed by atoms with Crippen molar-refractivity contribution < 1.29 is 0 Å². The summed E-state index contributed by atoms with van der Waals surface area (Å²) >= 11 is 0. The van der Waals surface area contributed by atoms with Crippen LogP contribution in [0.2, 0.25) is 0 Å². The van der Waals surface area contributed by atoms with Gasteiger partial charge in [-0.1, -0.05) is 25.0 Å². The van der Waals surface area contributed by atoms with Gasteiger partial charge in [-0.25, -0.2) is 0 Å². The fourth-order valence-electron chi connectivity index (χ4n) is 1.53. The Morgan fingerprint density at radius 1 is 1.70 bits per heavy atom. The Balaban J connectivity index is 2.32. The second-order valence-electron chi connectivity index (χ2n) is 3.07. The molecule has 10 heavy (non-hydrogen) atoms. The maximum absolute atomic E-state index is 5.92. The average molecular weight is 139 g/mol. The smallest absolute Gasteiger partial charge is 0.0253 e. The average Bonchev–Trinajstić information content (AvgIpc) is 2.38. The van der Waals surface area contributed by atoms with E-state index >= 15 is 0 Å². The zero-order valence-electron chi connectivity index (χ0n) is 6.77. The zero-order valence-corrected chi connectivity index (χ0v) is 6.77. The first-order chi connectivity index (χ1) is 4.84. The third kappa shape index (κ3) is 1.84. The van der Waals surface area contributed by atoms with Gasteiger partial charge in [0.25, 0.3) is 0 Å². The lowest BCUT2D eigenvalue weighted by Crippen LogP contribution is -2.21. The molecule has 1 unspecified atom stereocenters. The molecule has 0 radical (unpaired) electrons. The second-order valence-corrected chi connectivity index (χ2v) is 3.07. The zero-order chi connectivity index (χ0) is 7.40. The SMILES string of the molecule is CCCC(N)C1=CCCC1. The van der Waals surface area contributed by atoms with Crippen LogP contribution in [0, 0.1) is 0 Å². The molecule has 0 heterocycles. The Labute approximate surface area is 63.3 Å². The molecule has 0 aromatic carbocycles. The maximum atomic E-state index is 5.92. The fourth-order valence-corrected chi connectivity index (χ4v) is 1.53. The molecular formula is C9H17N. The van der Waals surface area contributed by atoms with Crippen molar-refractivity contribution in [3.05, 3.63) is 11.6 Å². The topological polar surface area (TPSA) is 26.0 Å². The monoisotopic (exact) mass is 139 g/mol. The molecule has 1 heteroatoms. The fraction of sp³-hybridized carbons (Fsp3) is 0.778. The summed E-state index contributed by atoms with van der Waals surface area (Å²) in [6, 6.07) is 0.368. The highest BCUT2D eigenvalue weighted by molar-refractivity contribution is 5.13. The minimum absolute atomic E-state index is 0.368. The van der Waals surface area contributed by atoms with Gasteiger partial charge in [-0.15, -0.1) is 0 Å². The van der Waals surface area contributed by atoms with Gasteiger partial charge in [-0.3, -0.25) is 0 Å². The van der Waals surface area contributed by atoms with Crippen molar-refractivity contribution in [3.8, 4) is 0 Å². The summed E-state index contributed by atoms with van der Waals surface area (Å²) in [6.07, 6.45) is 8.52. The van der Waals surface area contributed by atoms with Crippen LogP contribution in [0.5, 0.6) is 0 Å². The van der Waals surface area contributed by atoms with Crippen LogP contribution in [-0.4, -0.2) is 6.04 Å². The predicted octanol–water partition coefficient (Wildman–Crippen LogP) is 2.22. The van der Waals surface area contributed by atoms with Crippen molar-refractivity contribution in [1.82, 2.24) is 0 Å². The van der Waals surface area contributed by atoms with Crippen LogP contribution in [0.3, 0.4) is 0 Å². The van der Waals surface area contributed by atoms with Gasteiger partial charge in [0.05, 0.1) is 0 Å². The van der Waals surface area contributed by atoms with Crippen LogP contribution in [-0.2, 0) is 0 Å². The van der Waals surface area contributed by atoms with Crippen LogP contribution in [0.25, 0.3) is 0 Å². The van der Waals surface area contributed by atoms with Gasteiger partial charge < -0.3 is 5.73 Å². The summed E-state index contributed by atoms with van der Waals surface area (Å²) in [5.74, 6) is 0. The van der Waals surface area contributed by atoms with E-state index in [-0.39, 0.29) is 0 Å². The third-order valence-electron chi connectivity index (χ3n) is 2.15. The van der Waals surface area contributed by atoms with Crippen LogP contribution in [0.4, 0.5) is 0 Å². The highest BCUT2D eigenvalue weighted by atomic mass is 14.6. The largest absolute Gasteiger partial charge is 0.324 e. The summed E-state index contributed by atoms with van der Waals surface area (Å²) in [5.41, 5.74) is 7.42. The standard InChI is InChI=1S/C9H17N/c1-2-5-9(10)8-6-3-4-7-8/h6,9H,2-5,7,10H2,1H3. The summed E-state index contributed by atoms with van der Waals surface area (Å²) in [7, 11) is 0. The normalized spacial score (nSPS) is 20.8. The molecule has 1 atom stereocenters. The van der Waals surface area contributed by atoms with Crippen LogP contribution >= 0.6 is 0 Å². The van der Waals surface area contributed by atoms with Crippen molar-refractivity contribution in [1.29, 1.82) is 0 Å². The molecule has 0 saturated heterocycles. The Bertz CT molecular complexity index is 127. The van der Waals surface area contributed by atoms with Crippen LogP contribution in [0.15, 0.2) is 11.6 Å². The lowest BCUT2D eigenvalue weighted by atomic mass is 10.0. The summed E-state index contributed by atoms with van der Waals surface area (Å²) in [4.78, 5) is 0. The van der Waals surface area contributed by atoms with E-state index in [2.05, 4.69) is 13.0 Å². The molecule has 0 amide bonds. The Morgan fingerprint density at radius 3 is 3.00 bits per heavy atom. The van der Waals surface area contributed by atoms with E-state index in [0.29, 0.717) is 6.04 Å². The molecule has 0 bridgehead atoms.